The Bertz CT molecular complexity index is 619. The molecule has 1 N–H and O–H groups in total. The molecule has 0 aliphatic rings. The first kappa shape index (κ1) is 24.3. The molecule has 0 aliphatic heterocycles. The van der Waals surface area contributed by atoms with Crippen LogP contribution in [0.3, 0.4) is 0 Å². The SMILES string of the molecule is CCCCCCCCN(CCCCCCCC)c1ccc(Nc2ccccc2)cc1. The van der Waals surface area contributed by atoms with Crippen LogP contribution in [0.5, 0.6) is 0 Å². The van der Waals surface area contributed by atoms with Crippen molar-refractivity contribution in [2.75, 3.05) is 23.3 Å². The number of hydrogen-bond donors (Lipinski definition) is 1. The van der Waals surface area contributed by atoms with Crippen molar-refractivity contribution in [1.82, 2.24) is 0 Å². The molecular weight excluding hydrogens is 364 g/mol. The highest BCUT2D eigenvalue weighted by molar-refractivity contribution is 5.62. The Morgan fingerprint density at radius 3 is 1.53 bits per heavy atom. The van der Waals surface area contributed by atoms with Crippen LogP contribution in [0.4, 0.5) is 17.1 Å². The molecule has 0 unspecified atom stereocenters. The second-order valence-corrected chi connectivity index (χ2v) is 8.56. The minimum absolute atomic E-state index is 1.14. The van der Waals surface area contributed by atoms with Gasteiger partial charge in [0.15, 0.2) is 0 Å². The third-order valence-electron chi connectivity index (χ3n) is 5.86. The Balaban J connectivity index is 1.85. The maximum absolute atomic E-state index is 3.50. The van der Waals surface area contributed by atoms with E-state index in [9.17, 15) is 0 Å². The zero-order valence-electron chi connectivity index (χ0n) is 19.5. The minimum Gasteiger partial charge on any atom is -0.372 e. The van der Waals surface area contributed by atoms with Gasteiger partial charge in [-0.1, -0.05) is 96.3 Å². The average Bonchev–Trinajstić information content (AvgIpc) is 2.78. The largest absolute Gasteiger partial charge is 0.372 e. The summed E-state index contributed by atoms with van der Waals surface area (Å²) in [5.41, 5.74) is 3.67. The molecule has 0 spiro atoms. The van der Waals surface area contributed by atoms with E-state index in [0.29, 0.717) is 0 Å². The molecule has 0 aliphatic carbocycles. The predicted octanol–water partition coefficient (Wildman–Crippen LogP) is 8.96. The van der Waals surface area contributed by atoms with Gasteiger partial charge in [-0.2, -0.15) is 0 Å². The summed E-state index contributed by atoms with van der Waals surface area (Å²) in [5.74, 6) is 0. The van der Waals surface area contributed by atoms with Crippen molar-refractivity contribution >= 4 is 17.1 Å². The Morgan fingerprint density at radius 2 is 1.00 bits per heavy atom. The third kappa shape index (κ3) is 10.2. The highest BCUT2D eigenvalue weighted by atomic mass is 15.1. The van der Waals surface area contributed by atoms with Crippen molar-refractivity contribution in [3.63, 3.8) is 0 Å². The smallest absolute Gasteiger partial charge is 0.0385 e. The summed E-state index contributed by atoms with van der Waals surface area (Å²) in [6.45, 7) is 6.95. The van der Waals surface area contributed by atoms with Gasteiger partial charge in [-0.3, -0.25) is 0 Å². The molecule has 30 heavy (non-hydrogen) atoms. The summed E-state index contributed by atoms with van der Waals surface area (Å²) < 4.78 is 0. The molecule has 0 saturated heterocycles. The molecule has 2 nitrogen and oxygen atoms in total. The molecule has 0 aromatic heterocycles. The van der Waals surface area contributed by atoms with E-state index >= 15 is 0 Å². The summed E-state index contributed by atoms with van der Waals surface area (Å²) in [4.78, 5) is 2.62. The zero-order chi connectivity index (χ0) is 21.3. The van der Waals surface area contributed by atoms with Crippen LogP contribution in [0.25, 0.3) is 0 Å². The second-order valence-electron chi connectivity index (χ2n) is 8.56. The van der Waals surface area contributed by atoms with Crippen LogP contribution in [0.15, 0.2) is 54.6 Å². The van der Waals surface area contributed by atoms with Crippen LogP contribution < -0.4 is 10.2 Å². The zero-order valence-corrected chi connectivity index (χ0v) is 19.5. The molecule has 0 fully saturated rings. The lowest BCUT2D eigenvalue weighted by atomic mass is 10.1. The molecule has 2 rings (SSSR count). The molecule has 2 heteroatoms. The highest BCUT2D eigenvalue weighted by Crippen LogP contribution is 2.22. The molecular formula is C28H44N2. The number of nitrogens with one attached hydrogen (secondary N) is 1. The van der Waals surface area contributed by atoms with Crippen molar-refractivity contribution < 1.29 is 0 Å². The van der Waals surface area contributed by atoms with Crippen molar-refractivity contribution in [2.24, 2.45) is 0 Å². The van der Waals surface area contributed by atoms with Crippen molar-refractivity contribution in [3.05, 3.63) is 54.6 Å². The molecule has 0 amide bonds. The topological polar surface area (TPSA) is 15.3 Å². The standard InChI is InChI=1S/C28H44N2/c1-3-5-7-9-11-16-24-30(25-17-12-10-8-6-4-2)28-22-20-27(21-23-28)29-26-18-14-13-15-19-26/h13-15,18-23,29H,3-12,16-17,24-25H2,1-2H3. The van der Waals surface area contributed by atoms with Gasteiger partial charge in [0.05, 0.1) is 0 Å². The molecule has 0 heterocycles. The quantitative estimate of drug-likeness (QED) is 0.263. The number of benzene rings is 2. The average molecular weight is 409 g/mol. The summed E-state index contributed by atoms with van der Waals surface area (Å²) in [7, 11) is 0. The summed E-state index contributed by atoms with van der Waals surface area (Å²) in [6.07, 6.45) is 16.3. The van der Waals surface area contributed by atoms with Gasteiger partial charge >= 0.3 is 0 Å². The Hall–Kier alpha value is -1.96. The number of para-hydroxylation sites is 1. The van der Waals surface area contributed by atoms with Gasteiger partial charge in [-0.25, -0.2) is 0 Å². The highest BCUT2D eigenvalue weighted by Gasteiger charge is 2.07. The Morgan fingerprint density at radius 1 is 0.533 bits per heavy atom. The molecule has 166 valence electrons. The maximum atomic E-state index is 3.50. The number of rotatable bonds is 17. The molecule has 0 saturated carbocycles. The van der Waals surface area contributed by atoms with Gasteiger partial charge in [0.1, 0.15) is 0 Å². The van der Waals surface area contributed by atoms with E-state index in [-0.39, 0.29) is 0 Å². The Kier molecular flexibility index (Phi) is 12.8. The fraction of sp³-hybridized carbons (Fsp3) is 0.571. The first-order valence-electron chi connectivity index (χ1n) is 12.5. The normalized spacial score (nSPS) is 10.9. The number of anilines is 3. The maximum Gasteiger partial charge on any atom is 0.0385 e. The van der Waals surface area contributed by atoms with Crippen LogP contribution in [0, 0.1) is 0 Å². The van der Waals surface area contributed by atoms with Gasteiger partial charge in [-0.05, 0) is 49.2 Å². The van der Waals surface area contributed by atoms with Gasteiger partial charge < -0.3 is 10.2 Å². The van der Waals surface area contributed by atoms with Gasteiger partial charge in [0, 0.05) is 30.2 Å². The van der Waals surface area contributed by atoms with Crippen LogP contribution >= 0.6 is 0 Å². The predicted molar refractivity (Wildman–Crippen MR) is 135 cm³/mol. The summed E-state index contributed by atoms with van der Waals surface area (Å²) in [5, 5.41) is 3.50. The van der Waals surface area contributed by atoms with Gasteiger partial charge in [0.2, 0.25) is 0 Å². The second kappa shape index (κ2) is 15.8. The minimum atomic E-state index is 1.14. The fourth-order valence-corrected chi connectivity index (χ4v) is 3.98. The van der Waals surface area contributed by atoms with Crippen LogP contribution in [0.2, 0.25) is 0 Å². The van der Waals surface area contributed by atoms with E-state index in [1.807, 2.05) is 0 Å². The van der Waals surface area contributed by atoms with E-state index in [1.165, 1.54) is 95.8 Å². The lowest BCUT2D eigenvalue weighted by molar-refractivity contribution is 0.575. The first-order valence-corrected chi connectivity index (χ1v) is 12.5. The van der Waals surface area contributed by atoms with Crippen molar-refractivity contribution in [2.45, 2.75) is 90.9 Å². The lowest BCUT2D eigenvalue weighted by Gasteiger charge is -2.25. The number of unbranched alkanes of at least 4 members (excludes halogenated alkanes) is 10. The molecule has 0 atom stereocenters. The number of hydrogen-bond acceptors (Lipinski definition) is 2. The molecule has 0 radical (unpaired) electrons. The Labute approximate surface area is 186 Å². The number of nitrogens with zero attached hydrogens (tertiary/aromatic N) is 1. The first-order chi connectivity index (χ1) is 14.8. The summed E-state index contributed by atoms with van der Waals surface area (Å²) >= 11 is 0. The van der Waals surface area contributed by atoms with E-state index in [1.54, 1.807) is 0 Å². The van der Waals surface area contributed by atoms with Crippen LogP contribution in [-0.2, 0) is 0 Å². The van der Waals surface area contributed by atoms with E-state index in [0.717, 1.165) is 11.4 Å². The molecule has 2 aromatic rings. The fourth-order valence-electron chi connectivity index (χ4n) is 3.98. The van der Waals surface area contributed by atoms with Crippen molar-refractivity contribution in [1.29, 1.82) is 0 Å². The lowest BCUT2D eigenvalue weighted by Crippen LogP contribution is -2.25. The third-order valence-corrected chi connectivity index (χ3v) is 5.86. The summed E-state index contributed by atoms with van der Waals surface area (Å²) in [6, 6.07) is 19.4. The van der Waals surface area contributed by atoms with Crippen LogP contribution in [0.1, 0.15) is 90.9 Å². The monoisotopic (exact) mass is 408 g/mol. The van der Waals surface area contributed by atoms with E-state index < -0.39 is 0 Å². The van der Waals surface area contributed by atoms with E-state index in [4.69, 9.17) is 0 Å². The molecule has 0 bridgehead atoms. The van der Waals surface area contributed by atoms with Gasteiger partial charge in [-0.15, -0.1) is 0 Å². The van der Waals surface area contributed by atoms with Crippen molar-refractivity contribution in [3.8, 4) is 0 Å². The van der Waals surface area contributed by atoms with E-state index in [2.05, 4.69) is 78.7 Å². The van der Waals surface area contributed by atoms with Crippen LogP contribution in [-0.4, -0.2) is 13.1 Å². The molecule has 2 aromatic carbocycles. The van der Waals surface area contributed by atoms with Gasteiger partial charge in [0.25, 0.3) is 0 Å².